The van der Waals surface area contributed by atoms with Crippen LogP contribution in [0, 0.1) is 10.1 Å². The molecular formula is C18H13N3O5S. The highest BCUT2D eigenvalue weighted by atomic mass is 32.1. The van der Waals surface area contributed by atoms with Crippen LogP contribution in [-0.2, 0) is 16.2 Å². The van der Waals surface area contributed by atoms with E-state index in [9.17, 15) is 19.7 Å². The summed E-state index contributed by atoms with van der Waals surface area (Å²) in [5, 5.41) is 15.5. The van der Waals surface area contributed by atoms with Gasteiger partial charge in [0.1, 0.15) is 17.9 Å². The number of hydrogen-bond acceptors (Lipinski definition) is 6. The largest absolute Gasteiger partial charge is 0.489 e. The second-order valence-corrected chi connectivity index (χ2v) is 5.99. The topological polar surface area (TPSA) is 111 Å². The van der Waals surface area contributed by atoms with Crippen LogP contribution in [0.3, 0.4) is 0 Å². The Balaban J connectivity index is 1.67. The normalized spacial score (nSPS) is 13.6. The van der Waals surface area contributed by atoms with Crippen LogP contribution in [0.5, 0.6) is 5.75 Å². The number of nitrogens with zero attached hydrogens (tertiary/aromatic N) is 1. The number of rotatable bonds is 5. The number of nitro benzene ring substituents is 1. The molecule has 1 heterocycles. The first-order valence-electron chi connectivity index (χ1n) is 7.77. The summed E-state index contributed by atoms with van der Waals surface area (Å²) in [6.45, 7) is 0.171. The van der Waals surface area contributed by atoms with E-state index in [1.807, 2.05) is 0 Å². The molecule has 0 aliphatic carbocycles. The van der Waals surface area contributed by atoms with Crippen LogP contribution in [0.1, 0.15) is 11.1 Å². The number of carbonyl (C=O) groups is 2. The average Bonchev–Trinajstić information content (AvgIpc) is 2.64. The molecular weight excluding hydrogens is 370 g/mol. The molecule has 2 amide bonds. The fraction of sp³-hybridized carbons (Fsp3) is 0.0556. The SMILES string of the molecule is O=C1NC(=S)NC(=O)C1=Cc1ccc(OCc2cccc([N+](=O)[O-])c2)cc1. The Hall–Kier alpha value is -3.59. The molecule has 0 atom stereocenters. The zero-order valence-corrected chi connectivity index (χ0v) is 14.6. The van der Waals surface area contributed by atoms with Gasteiger partial charge in [-0.2, -0.15) is 0 Å². The van der Waals surface area contributed by atoms with E-state index >= 15 is 0 Å². The van der Waals surface area contributed by atoms with Gasteiger partial charge in [-0.3, -0.25) is 30.3 Å². The van der Waals surface area contributed by atoms with Crippen LogP contribution in [0.2, 0.25) is 0 Å². The minimum absolute atomic E-state index is 0.00147. The predicted octanol–water partition coefficient (Wildman–Crippen LogP) is 2.09. The minimum Gasteiger partial charge on any atom is -0.489 e. The Morgan fingerprint density at radius 1 is 1.07 bits per heavy atom. The van der Waals surface area contributed by atoms with Crippen molar-refractivity contribution in [2.45, 2.75) is 6.61 Å². The maximum absolute atomic E-state index is 11.8. The fourth-order valence-corrected chi connectivity index (χ4v) is 2.55. The Labute approximate surface area is 159 Å². The van der Waals surface area contributed by atoms with E-state index in [2.05, 4.69) is 10.6 Å². The van der Waals surface area contributed by atoms with Crippen molar-refractivity contribution in [3.8, 4) is 5.75 Å². The van der Waals surface area contributed by atoms with Gasteiger partial charge >= 0.3 is 0 Å². The lowest BCUT2D eigenvalue weighted by Gasteiger charge is -2.16. The van der Waals surface area contributed by atoms with Gasteiger partial charge in [-0.25, -0.2) is 0 Å². The third-order valence-corrected chi connectivity index (χ3v) is 3.87. The number of carbonyl (C=O) groups excluding carboxylic acids is 2. The lowest BCUT2D eigenvalue weighted by molar-refractivity contribution is -0.384. The van der Waals surface area contributed by atoms with E-state index in [0.29, 0.717) is 16.9 Å². The van der Waals surface area contributed by atoms with E-state index in [-0.39, 0.29) is 23.0 Å². The maximum Gasteiger partial charge on any atom is 0.269 e. The van der Waals surface area contributed by atoms with Crippen molar-refractivity contribution >= 4 is 40.9 Å². The van der Waals surface area contributed by atoms with Gasteiger partial charge in [0.05, 0.1) is 4.92 Å². The third kappa shape index (κ3) is 4.53. The summed E-state index contributed by atoms with van der Waals surface area (Å²) < 4.78 is 5.61. The highest BCUT2D eigenvalue weighted by Gasteiger charge is 2.25. The molecule has 1 fully saturated rings. The third-order valence-electron chi connectivity index (χ3n) is 3.66. The summed E-state index contributed by atoms with van der Waals surface area (Å²) in [7, 11) is 0. The van der Waals surface area contributed by atoms with E-state index in [1.165, 1.54) is 18.2 Å². The van der Waals surface area contributed by atoms with Gasteiger partial charge in [0, 0.05) is 12.1 Å². The first-order chi connectivity index (χ1) is 12.9. The summed E-state index contributed by atoms with van der Waals surface area (Å²) in [6.07, 6.45) is 1.44. The monoisotopic (exact) mass is 383 g/mol. The Morgan fingerprint density at radius 2 is 1.74 bits per heavy atom. The molecule has 0 aromatic heterocycles. The summed E-state index contributed by atoms with van der Waals surface area (Å²) in [5.41, 5.74) is 1.25. The Morgan fingerprint density at radius 3 is 2.37 bits per heavy atom. The molecule has 8 nitrogen and oxygen atoms in total. The van der Waals surface area contributed by atoms with E-state index in [4.69, 9.17) is 17.0 Å². The molecule has 3 rings (SSSR count). The molecule has 1 saturated heterocycles. The van der Waals surface area contributed by atoms with Gasteiger partial charge in [-0.1, -0.05) is 24.3 Å². The number of ether oxygens (including phenoxy) is 1. The van der Waals surface area contributed by atoms with E-state index in [0.717, 1.165) is 0 Å². The number of benzene rings is 2. The maximum atomic E-state index is 11.8. The van der Waals surface area contributed by atoms with Crippen LogP contribution in [0.4, 0.5) is 5.69 Å². The van der Waals surface area contributed by atoms with Crippen molar-refractivity contribution in [3.05, 3.63) is 75.3 Å². The van der Waals surface area contributed by atoms with Gasteiger partial charge in [-0.05, 0) is 41.6 Å². The van der Waals surface area contributed by atoms with Crippen molar-refractivity contribution in [1.29, 1.82) is 0 Å². The summed E-state index contributed by atoms with van der Waals surface area (Å²) in [4.78, 5) is 34.0. The number of non-ortho nitro benzene ring substituents is 1. The van der Waals surface area contributed by atoms with Crippen molar-refractivity contribution < 1.29 is 19.2 Å². The van der Waals surface area contributed by atoms with Crippen molar-refractivity contribution in [1.82, 2.24) is 10.6 Å². The first-order valence-corrected chi connectivity index (χ1v) is 8.18. The highest BCUT2D eigenvalue weighted by Crippen LogP contribution is 2.18. The van der Waals surface area contributed by atoms with Crippen LogP contribution in [0.15, 0.2) is 54.1 Å². The van der Waals surface area contributed by atoms with Gasteiger partial charge in [0.2, 0.25) is 0 Å². The van der Waals surface area contributed by atoms with Crippen molar-refractivity contribution in [3.63, 3.8) is 0 Å². The molecule has 2 aromatic carbocycles. The second-order valence-electron chi connectivity index (χ2n) is 5.58. The van der Waals surface area contributed by atoms with Gasteiger partial charge in [0.25, 0.3) is 17.5 Å². The lowest BCUT2D eigenvalue weighted by atomic mass is 10.1. The molecule has 9 heteroatoms. The molecule has 0 radical (unpaired) electrons. The zero-order chi connectivity index (χ0) is 19.4. The number of nitrogens with one attached hydrogen (secondary N) is 2. The fourth-order valence-electron chi connectivity index (χ4n) is 2.36. The standard InChI is InChI=1S/C18H13N3O5S/c22-16-15(17(23)20-18(27)19-16)9-11-4-6-14(7-5-11)26-10-12-2-1-3-13(8-12)21(24)25/h1-9H,10H2,(H2,19,20,22,23,27). The van der Waals surface area contributed by atoms with Gasteiger partial charge in [0.15, 0.2) is 5.11 Å². The van der Waals surface area contributed by atoms with E-state index in [1.54, 1.807) is 36.4 Å². The second kappa shape index (κ2) is 7.75. The number of thiocarbonyl (C=S) groups is 1. The average molecular weight is 383 g/mol. The number of nitro groups is 1. The predicted molar refractivity (Wildman–Crippen MR) is 101 cm³/mol. The molecule has 27 heavy (non-hydrogen) atoms. The molecule has 136 valence electrons. The van der Waals surface area contributed by atoms with Gasteiger partial charge < -0.3 is 4.74 Å². The zero-order valence-electron chi connectivity index (χ0n) is 13.8. The molecule has 2 aromatic rings. The van der Waals surface area contributed by atoms with Crippen molar-refractivity contribution in [2.24, 2.45) is 0 Å². The smallest absolute Gasteiger partial charge is 0.269 e. The first kappa shape index (κ1) is 18.2. The number of hydrogen-bond donors (Lipinski definition) is 2. The Kier molecular flexibility index (Phi) is 5.23. The van der Waals surface area contributed by atoms with Gasteiger partial charge in [-0.15, -0.1) is 0 Å². The minimum atomic E-state index is -0.560. The molecule has 0 saturated carbocycles. The Bertz CT molecular complexity index is 947. The summed E-state index contributed by atoms with van der Waals surface area (Å²) in [6, 6.07) is 12.9. The quantitative estimate of drug-likeness (QED) is 0.269. The summed E-state index contributed by atoms with van der Waals surface area (Å²) in [5.74, 6) is -0.577. The molecule has 0 bridgehead atoms. The van der Waals surface area contributed by atoms with E-state index < -0.39 is 16.7 Å². The molecule has 2 N–H and O–H groups in total. The number of amides is 2. The van der Waals surface area contributed by atoms with Crippen molar-refractivity contribution in [2.75, 3.05) is 0 Å². The lowest BCUT2D eigenvalue weighted by Crippen LogP contribution is -2.51. The summed E-state index contributed by atoms with van der Waals surface area (Å²) >= 11 is 4.74. The molecule has 0 spiro atoms. The molecule has 1 aliphatic heterocycles. The highest BCUT2D eigenvalue weighted by molar-refractivity contribution is 7.80. The molecule has 1 aliphatic rings. The van der Waals surface area contributed by atoms with Crippen LogP contribution >= 0.6 is 12.2 Å². The molecule has 0 unspecified atom stereocenters. The van der Waals surface area contributed by atoms with Crippen LogP contribution in [-0.4, -0.2) is 21.9 Å². The van der Waals surface area contributed by atoms with Crippen LogP contribution in [0.25, 0.3) is 6.08 Å². The van der Waals surface area contributed by atoms with Crippen LogP contribution < -0.4 is 15.4 Å².